The van der Waals surface area contributed by atoms with Crippen LogP contribution in [-0.2, 0) is 16.1 Å². The molecule has 2 aromatic rings. The predicted molar refractivity (Wildman–Crippen MR) is 114 cm³/mol. The van der Waals surface area contributed by atoms with Gasteiger partial charge in [-0.25, -0.2) is 0 Å². The summed E-state index contributed by atoms with van der Waals surface area (Å²) in [5, 5.41) is 3.44. The standard InChI is InChI=1S/C22H26ClN3O2/c1-17(27)26(16-22(28)24-15-18-7-3-4-8-21(18)23)20-11-9-19(10-12-20)25-13-5-2-6-14-25/h3-4,7-12H,2,5-6,13-16H2,1H3,(H,24,28). The molecule has 0 aromatic heterocycles. The van der Waals surface area contributed by atoms with Crippen molar-refractivity contribution in [2.24, 2.45) is 0 Å². The summed E-state index contributed by atoms with van der Waals surface area (Å²) in [5.41, 5.74) is 2.73. The summed E-state index contributed by atoms with van der Waals surface area (Å²) in [6, 6.07) is 15.2. The molecule has 6 heteroatoms. The first kappa shape index (κ1) is 20.2. The smallest absolute Gasteiger partial charge is 0.240 e. The fourth-order valence-corrected chi connectivity index (χ4v) is 3.62. The third kappa shape index (κ3) is 5.26. The first-order valence-corrected chi connectivity index (χ1v) is 10.1. The first-order chi connectivity index (χ1) is 13.5. The maximum absolute atomic E-state index is 12.4. The van der Waals surface area contributed by atoms with Gasteiger partial charge in [0.1, 0.15) is 6.54 Å². The van der Waals surface area contributed by atoms with Gasteiger partial charge >= 0.3 is 0 Å². The second kappa shape index (κ2) is 9.60. The van der Waals surface area contributed by atoms with Crippen LogP contribution in [0, 0.1) is 0 Å². The quantitative estimate of drug-likeness (QED) is 0.798. The third-order valence-corrected chi connectivity index (χ3v) is 5.37. The van der Waals surface area contributed by atoms with E-state index >= 15 is 0 Å². The molecule has 1 aliphatic rings. The molecule has 2 aromatic carbocycles. The summed E-state index contributed by atoms with van der Waals surface area (Å²) in [6.07, 6.45) is 3.72. The lowest BCUT2D eigenvalue weighted by Gasteiger charge is -2.29. The lowest BCUT2D eigenvalue weighted by Crippen LogP contribution is -2.39. The molecule has 0 saturated carbocycles. The second-order valence-corrected chi connectivity index (χ2v) is 7.44. The van der Waals surface area contributed by atoms with Crippen molar-refractivity contribution in [1.82, 2.24) is 5.32 Å². The molecule has 1 heterocycles. The Kier molecular flexibility index (Phi) is 6.93. The van der Waals surface area contributed by atoms with Crippen LogP contribution >= 0.6 is 11.6 Å². The van der Waals surface area contributed by atoms with Crippen LogP contribution in [-0.4, -0.2) is 31.4 Å². The fourth-order valence-electron chi connectivity index (χ4n) is 3.42. The van der Waals surface area contributed by atoms with Crippen molar-refractivity contribution >= 4 is 34.8 Å². The molecule has 0 bridgehead atoms. The van der Waals surface area contributed by atoms with Gasteiger partial charge in [-0.15, -0.1) is 0 Å². The SMILES string of the molecule is CC(=O)N(CC(=O)NCc1ccccc1Cl)c1ccc(N2CCCCC2)cc1. The second-order valence-electron chi connectivity index (χ2n) is 7.04. The van der Waals surface area contributed by atoms with E-state index in [0.717, 1.165) is 30.0 Å². The van der Waals surface area contributed by atoms with E-state index < -0.39 is 0 Å². The van der Waals surface area contributed by atoms with Crippen molar-refractivity contribution in [3.8, 4) is 0 Å². The molecular weight excluding hydrogens is 374 g/mol. The molecule has 148 valence electrons. The molecule has 1 fully saturated rings. The Bertz CT molecular complexity index is 817. The number of hydrogen-bond acceptors (Lipinski definition) is 3. The normalized spacial score (nSPS) is 13.9. The highest BCUT2D eigenvalue weighted by atomic mass is 35.5. The number of carbonyl (C=O) groups is 2. The summed E-state index contributed by atoms with van der Waals surface area (Å²) in [6.45, 7) is 3.92. The van der Waals surface area contributed by atoms with Crippen molar-refractivity contribution in [2.45, 2.75) is 32.7 Å². The van der Waals surface area contributed by atoms with Crippen LogP contribution in [0.2, 0.25) is 5.02 Å². The van der Waals surface area contributed by atoms with E-state index in [9.17, 15) is 9.59 Å². The van der Waals surface area contributed by atoms with E-state index in [1.165, 1.54) is 31.1 Å². The Balaban J connectivity index is 1.61. The maximum Gasteiger partial charge on any atom is 0.240 e. The average molecular weight is 400 g/mol. The topological polar surface area (TPSA) is 52.7 Å². The van der Waals surface area contributed by atoms with Crippen LogP contribution in [0.1, 0.15) is 31.7 Å². The number of rotatable bonds is 6. The number of nitrogens with one attached hydrogen (secondary N) is 1. The van der Waals surface area contributed by atoms with Gasteiger partial charge in [-0.3, -0.25) is 9.59 Å². The van der Waals surface area contributed by atoms with E-state index in [1.54, 1.807) is 6.07 Å². The van der Waals surface area contributed by atoms with E-state index in [4.69, 9.17) is 11.6 Å². The monoisotopic (exact) mass is 399 g/mol. The highest BCUT2D eigenvalue weighted by Gasteiger charge is 2.17. The minimum absolute atomic E-state index is 0.0250. The van der Waals surface area contributed by atoms with Gasteiger partial charge in [-0.05, 0) is 55.2 Å². The minimum atomic E-state index is -0.227. The number of anilines is 2. The highest BCUT2D eigenvalue weighted by molar-refractivity contribution is 6.31. The number of benzene rings is 2. The van der Waals surface area contributed by atoms with E-state index in [-0.39, 0.29) is 18.4 Å². The molecule has 5 nitrogen and oxygen atoms in total. The van der Waals surface area contributed by atoms with Crippen LogP contribution in [0.5, 0.6) is 0 Å². The van der Waals surface area contributed by atoms with Gasteiger partial charge in [-0.2, -0.15) is 0 Å². The Morgan fingerprint density at radius 2 is 1.71 bits per heavy atom. The van der Waals surface area contributed by atoms with Crippen LogP contribution in [0.3, 0.4) is 0 Å². The fraction of sp³-hybridized carbons (Fsp3) is 0.364. The van der Waals surface area contributed by atoms with Gasteiger partial charge in [0.05, 0.1) is 0 Å². The molecule has 0 spiro atoms. The van der Waals surface area contributed by atoms with Gasteiger partial charge < -0.3 is 15.1 Å². The van der Waals surface area contributed by atoms with Gasteiger partial charge in [0.15, 0.2) is 0 Å². The van der Waals surface area contributed by atoms with E-state index in [1.807, 2.05) is 42.5 Å². The average Bonchev–Trinajstić information content (AvgIpc) is 2.72. The zero-order chi connectivity index (χ0) is 19.9. The third-order valence-electron chi connectivity index (χ3n) is 5.00. The number of carbonyl (C=O) groups excluding carboxylic acids is 2. The van der Waals surface area contributed by atoms with Crippen molar-refractivity contribution in [2.75, 3.05) is 29.4 Å². The molecule has 3 rings (SSSR count). The molecule has 1 saturated heterocycles. The van der Waals surface area contributed by atoms with Crippen LogP contribution in [0.15, 0.2) is 48.5 Å². The molecule has 0 radical (unpaired) electrons. The zero-order valence-electron chi connectivity index (χ0n) is 16.2. The van der Waals surface area contributed by atoms with Crippen LogP contribution in [0.4, 0.5) is 11.4 Å². The Morgan fingerprint density at radius 1 is 1.04 bits per heavy atom. The van der Waals surface area contributed by atoms with E-state index in [0.29, 0.717) is 11.6 Å². The molecule has 1 aliphatic heterocycles. The first-order valence-electron chi connectivity index (χ1n) is 9.68. The number of piperidine rings is 1. The summed E-state index contributed by atoms with van der Waals surface area (Å²) < 4.78 is 0. The van der Waals surface area contributed by atoms with Gasteiger partial charge in [0, 0.05) is 43.0 Å². The summed E-state index contributed by atoms with van der Waals surface area (Å²) >= 11 is 6.12. The molecule has 0 aliphatic carbocycles. The molecular formula is C22H26ClN3O2. The van der Waals surface area contributed by atoms with Crippen molar-refractivity contribution < 1.29 is 9.59 Å². The summed E-state index contributed by atoms with van der Waals surface area (Å²) in [5.74, 6) is -0.395. The number of hydrogen-bond donors (Lipinski definition) is 1. The van der Waals surface area contributed by atoms with E-state index in [2.05, 4.69) is 10.2 Å². The van der Waals surface area contributed by atoms with Gasteiger partial charge in [0.25, 0.3) is 0 Å². The molecule has 0 atom stereocenters. The predicted octanol–water partition coefficient (Wildman–Crippen LogP) is 4.00. The Labute approximate surface area is 171 Å². The number of halogens is 1. The van der Waals surface area contributed by atoms with Crippen molar-refractivity contribution in [1.29, 1.82) is 0 Å². The van der Waals surface area contributed by atoms with Gasteiger partial charge in [0.2, 0.25) is 11.8 Å². The van der Waals surface area contributed by atoms with Crippen molar-refractivity contribution in [3.63, 3.8) is 0 Å². The molecule has 1 N–H and O–H groups in total. The summed E-state index contributed by atoms with van der Waals surface area (Å²) in [7, 11) is 0. The number of amides is 2. The summed E-state index contributed by atoms with van der Waals surface area (Å²) in [4.78, 5) is 28.3. The minimum Gasteiger partial charge on any atom is -0.372 e. The van der Waals surface area contributed by atoms with Crippen LogP contribution < -0.4 is 15.1 Å². The lowest BCUT2D eigenvalue weighted by molar-refractivity contribution is -0.123. The van der Waals surface area contributed by atoms with Gasteiger partial charge in [-0.1, -0.05) is 29.8 Å². The molecule has 28 heavy (non-hydrogen) atoms. The zero-order valence-corrected chi connectivity index (χ0v) is 16.9. The Morgan fingerprint density at radius 3 is 2.36 bits per heavy atom. The maximum atomic E-state index is 12.4. The number of nitrogens with zero attached hydrogens (tertiary/aromatic N) is 2. The van der Waals surface area contributed by atoms with Crippen molar-refractivity contribution in [3.05, 3.63) is 59.1 Å². The largest absolute Gasteiger partial charge is 0.372 e. The highest BCUT2D eigenvalue weighted by Crippen LogP contribution is 2.24. The molecule has 0 unspecified atom stereocenters. The Hall–Kier alpha value is -2.53. The lowest BCUT2D eigenvalue weighted by atomic mass is 10.1. The molecule has 2 amide bonds. The van der Waals surface area contributed by atoms with Crippen LogP contribution in [0.25, 0.3) is 0 Å².